The molecule has 0 spiro atoms. The number of ether oxygens (including phenoxy) is 1. The smallest absolute Gasteiger partial charge is 0.348 e. The van der Waals surface area contributed by atoms with Crippen LogP contribution in [-0.4, -0.2) is 18.1 Å². The zero-order valence-corrected chi connectivity index (χ0v) is 9.72. The third-order valence-corrected chi connectivity index (χ3v) is 2.03. The minimum Gasteiger partial charge on any atom is -0.463 e. The number of alkyl halides is 1. The number of rotatable bonds is 5. The SMILES string of the molecule is CCOC(=O)C(Cl)N=NCc1ccccc1. The first-order valence-electron chi connectivity index (χ1n) is 4.95. The summed E-state index contributed by atoms with van der Waals surface area (Å²) in [6.07, 6.45) is 0. The highest BCUT2D eigenvalue weighted by molar-refractivity contribution is 6.29. The van der Waals surface area contributed by atoms with Gasteiger partial charge in [-0.3, -0.25) is 0 Å². The van der Waals surface area contributed by atoms with Gasteiger partial charge in [0.1, 0.15) is 0 Å². The Morgan fingerprint density at radius 3 is 2.75 bits per heavy atom. The molecule has 0 heterocycles. The number of carbonyl (C=O) groups is 1. The molecule has 16 heavy (non-hydrogen) atoms. The molecule has 0 bridgehead atoms. The van der Waals surface area contributed by atoms with Gasteiger partial charge in [-0.15, -0.1) is 0 Å². The number of azo groups is 1. The van der Waals surface area contributed by atoms with Gasteiger partial charge in [0, 0.05) is 0 Å². The van der Waals surface area contributed by atoms with Crippen LogP contribution in [0.4, 0.5) is 0 Å². The molecule has 1 aromatic carbocycles. The first-order chi connectivity index (χ1) is 7.74. The van der Waals surface area contributed by atoms with E-state index in [4.69, 9.17) is 11.6 Å². The molecule has 0 aliphatic heterocycles. The van der Waals surface area contributed by atoms with Crippen LogP contribution in [-0.2, 0) is 16.1 Å². The van der Waals surface area contributed by atoms with E-state index in [2.05, 4.69) is 15.0 Å². The molecule has 1 atom stereocenters. The van der Waals surface area contributed by atoms with Crippen molar-refractivity contribution in [2.24, 2.45) is 10.2 Å². The van der Waals surface area contributed by atoms with Gasteiger partial charge >= 0.3 is 5.97 Å². The molecule has 5 heteroatoms. The van der Waals surface area contributed by atoms with Crippen LogP contribution >= 0.6 is 11.6 Å². The topological polar surface area (TPSA) is 51.0 Å². The molecule has 0 saturated carbocycles. The highest BCUT2D eigenvalue weighted by atomic mass is 35.5. The molecule has 0 aromatic heterocycles. The van der Waals surface area contributed by atoms with Crippen LogP contribution in [0, 0.1) is 0 Å². The van der Waals surface area contributed by atoms with Crippen molar-refractivity contribution in [3.8, 4) is 0 Å². The van der Waals surface area contributed by atoms with Gasteiger partial charge in [-0.1, -0.05) is 41.9 Å². The molecule has 0 radical (unpaired) electrons. The second-order valence-corrected chi connectivity index (χ2v) is 3.40. The lowest BCUT2D eigenvalue weighted by Crippen LogP contribution is -2.15. The average Bonchev–Trinajstić information content (AvgIpc) is 2.30. The van der Waals surface area contributed by atoms with Crippen LogP contribution in [0.25, 0.3) is 0 Å². The lowest BCUT2D eigenvalue weighted by molar-refractivity contribution is -0.142. The summed E-state index contributed by atoms with van der Waals surface area (Å²) >= 11 is 5.64. The van der Waals surface area contributed by atoms with Gasteiger partial charge in [-0.05, 0) is 12.5 Å². The van der Waals surface area contributed by atoms with Crippen molar-refractivity contribution in [2.45, 2.75) is 19.0 Å². The summed E-state index contributed by atoms with van der Waals surface area (Å²) in [5.41, 5.74) is -0.0392. The largest absolute Gasteiger partial charge is 0.463 e. The predicted molar refractivity (Wildman–Crippen MR) is 61.3 cm³/mol. The first-order valence-corrected chi connectivity index (χ1v) is 5.39. The van der Waals surface area contributed by atoms with Gasteiger partial charge in [-0.2, -0.15) is 10.2 Å². The van der Waals surface area contributed by atoms with Gasteiger partial charge in [0.05, 0.1) is 13.2 Å². The van der Waals surface area contributed by atoms with Crippen LogP contribution in [0.1, 0.15) is 12.5 Å². The van der Waals surface area contributed by atoms with Crippen LogP contribution in [0.5, 0.6) is 0 Å². The molecule has 86 valence electrons. The normalized spacial score (nSPS) is 12.6. The van der Waals surface area contributed by atoms with E-state index in [0.29, 0.717) is 6.54 Å². The van der Waals surface area contributed by atoms with E-state index in [1.807, 2.05) is 30.3 Å². The Morgan fingerprint density at radius 2 is 2.12 bits per heavy atom. The monoisotopic (exact) mass is 240 g/mol. The van der Waals surface area contributed by atoms with Gasteiger partial charge < -0.3 is 4.74 Å². The number of nitrogens with zero attached hydrogens (tertiary/aromatic N) is 2. The third-order valence-electron chi connectivity index (χ3n) is 1.76. The molecule has 0 amide bonds. The van der Waals surface area contributed by atoms with Crippen molar-refractivity contribution in [2.75, 3.05) is 6.61 Å². The summed E-state index contributed by atoms with van der Waals surface area (Å²) in [5, 5.41) is 7.49. The molecular weight excluding hydrogens is 228 g/mol. The number of carbonyl (C=O) groups excluding carboxylic acids is 1. The Labute approximate surface area is 99.3 Å². The Hall–Kier alpha value is -1.42. The fourth-order valence-electron chi connectivity index (χ4n) is 1.04. The molecule has 0 fully saturated rings. The highest BCUT2D eigenvalue weighted by Gasteiger charge is 2.14. The molecule has 0 aliphatic carbocycles. The number of benzene rings is 1. The Morgan fingerprint density at radius 1 is 1.44 bits per heavy atom. The van der Waals surface area contributed by atoms with Crippen molar-refractivity contribution in [3.05, 3.63) is 35.9 Å². The number of esters is 1. The fourth-order valence-corrected chi connectivity index (χ4v) is 1.16. The minimum absolute atomic E-state index is 0.288. The van der Waals surface area contributed by atoms with Gasteiger partial charge in [0.15, 0.2) is 0 Å². The van der Waals surface area contributed by atoms with Crippen LogP contribution in [0.3, 0.4) is 0 Å². The average molecular weight is 241 g/mol. The summed E-state index contributed by atoms with van der Waals surface area (Å²) in [6.45, 7) is 2.41. The molecule has 0 aliphatic rings. The number of hydrogen-bond acceptors (Lipinski definition) is 4. The molecule has 4 nitrogen and oxygen atoms in total. The summed E-state index contributed by atoms with van der Waals surface area (Å²) < 4.78 is 4.68. The highest BCUT2D eigenvalue weighted by Crippen LogP contribution is 2.05. The third kappa shape index (κ3) is 4.40. The molecular formula is C11H13ClN2O2. The summed E-state index contributed by atoms with van der Waals surface area (Å²) in [6, 6.07) is 9.59. The molecule has 0 N–H and O–H groups in total. The number of hydrogen-bond donors (Lipinski definition) is 0. The maximum atomic E-state index is 11.1. The van der Waals surface area contributed by atoms with E-state index in [0.717, 1.165) is 5.56 Å². The maximum absolute atomic E-state index is 11.1. The van der Waals surface area contributed by atoms with Crippen molar-refractivity contribution < 1.29 is 9.53 Å². The standard InChI is InChI=1S/C11H13ClN2O2/c1-2-16-11(15)10(12)14-13-8-9-6-4-3-5-7-9/h3-7,10H,2,8H2,1H3. The summed E-state index contributed by atoms with van der Waals surface area (Å²) in [5.74, 6) is -0.569. The van der Waals surface area contributed by atoms with Crippen molar-refractivity contribution >= 4 is 17.6 Å². The number of halogens is 1. The zero-order valence-electron chi connectivity index (χ0n) is 8.97. The van der Waals surface area contributed by atoms with E-state index in [9.17, 15) is 4.79 Å². The molecule has 0 saturated heterocycles. The summed E-state index contributed by atoms with van der Waals surface area (Å²) in [7, 11) is 0. The van der Waals surface area contributed by atoms with Gasteiger partial charge in [-0.25, -0.2) is 4.79 Å². The fraction of sp³-hybridized carbons (Fsp3) is 0.364. The maximum Gasteiger partial charge on any atom is 0.348 e. The lowest BCUT2D eigenvalue weighted by Gasteiger charge is -2.02. The van der Waals surface area contributed by atoms with Crippen LogP contribution in [0.2, 0.25) is 0 Å². The second-order valence-electron chi connectivity index (χ2n) is 2.99. The first kappa shape index (κ1) is 12.6. The molecule has 1 aromatic rings. The van der Waals surface area contributed by atoms with Crippen molar-refractivity contribution in [1.82, 2.24) is 0 Å². The van der Waals surface area contributed by atoms with Crippen molar-refractivity contribution in [3.63, 3.8) is 0 Å². The zero-order chi connectivity index (χ0) is 11.8. The minimum atomic E-state index is -1.05. The quantitative estimate of drug-likeness (QED) is 0.344. The second kappa shape index (κ2) is 6.95. The van der Waals surface area contributed by atoms with Crippen LogP contribution in [0.15, 0.2) is 40.6 Å². The van der Waals surface area contributed by atoms with Crippen LogP contribution < -0.4 is 0 Å². The van der Waals surface area contributed by atoms with E-state index < -0.39 is 11.5 Å². The van der Waals surface area contributed by atoms with E-state index in [1.165, 1.54) is 0 Å². The predicted octanol–water partition coefficient (Wildman–Crippen LogP) is 2.77. The molecule has 1 unspecified atom stereocenters. The summed E-state index contributed by atoms with van der Waals surface area (Å²) in [4.78, 5) is 11.1. The van der Waals surface area contributed by atoms with E-state index in [-0.39, 0.29) is 6.61 Å². The Bertz CT molecular complexity index is 354. The van der Waals surface area contributed by atoms with Crippen molar-refractivity contribution in [1.29, 1.82) is 0 Å². The Kier molecular flexibility index (Phi) is 5.50. The lowest BCUT2D eigenvalue weighted by atomic mass is 10.2. The molecule has 1 rings (SSSR count). The van der Waals surface area contributed by atoms with Gasteiger partial charge in [0.25, 0.3) is 0 Å². The Balaban J connectivity index is 2.40. The van der Waals surface area contributed by atoms with E-state index in [1.54, 1.807) is 6.92 Å². The van der Waals surface area contributed by atoms with E-state index >= 15 is 0 Å². The van der Waals surface area contributed by atoms with Gasteiger partial charge in [0.2, 0.25) is 5.50 Å².